The van der Waals surface area contributed by atoms with Crippen LogP contribution in [-0.4, -0.2) is 49.7 Å². The number of likely N-dealkylation sites (tertiary alicyclic amines) is 1. The Morgan fingerprint density at radius 3 is 2.69 bits per heavy atom. The van der Waals surface area contributed by atoms with Crippen LogP contribution in [0.15, 0.2) is 36.5 Å². The average Bonchev–Trinajstić information content (AvgIpc) is 2.72. The minimum absolute atomic E-state index is 0.214. The number of anilines is 1. The van der Waals surface area contributed by atoms with Gasteiger partial charge in [0, 0.05) is 12.6 Å². The van der Waals surface area contributed by atoms with Crippen LogP contribution in [0, 0.1) is 12.8 Å². The van der Waals surface area contributed by atoms with Crippen molar-refractivity contribution in [2.75, 3.05) is 39.1 Å². The fraction of sp³-hybridized carbons (Fsp3) is 0.455. The van der Waals surface area contributed by atoms with Crippen LogP contribution in [0.2, 0.25) is 0 Å². The summed E-state index contributed by atoms with van der Waals surface area (Å²) in [4.78, 5) is 18.7. The average molecular weight is 399 g/mol. The van der Waals surface area contributed by atoms with Gasteiger partial charge in [-0.3, -0.25) is 0 Å². The highest BCUT2D eigenvalue weighted by atomic mass is 16.5. The van der Waals surface area contributed by atoms with Gasteiger partial charge in [0.05, 0.1) is 19.0 Å². The van der Waals surface area contributed by atoms with E-state index in [9.17, 15) is 4.79 Å². The standard InChI is InChI=1S/C22H30N4O3/c1-16-4-6-19(20(14-16)28-3)29-21-7-5-18(15-24-21)25-22(27)23-11-8-17-9-12-26(2)13-10-17/h4-7,14-15,17H,8-13H2,1-3H3,(H2,23,25,27). The fourth-order valence-corrected chi connectivity index (χ4v) is 3.40. The molecule has 0 unspecified atom stereocenters. The van der Waals surface area contributed by atoms with E-state index in [1.54, 1.807) is 25.4 Å². The number of urea groups is 1. The third kappa shape index (κ3) is 6.35. The summed E-state index contributed by atoms with van der Waals surface area (Å²) in [6.45, 7) is 4.96. The zero-order valence-electron chi connectivity index (χ0n) is 17.4. The van der Waals surface area contributed by atoms with Gasteiger partial charge in [-0.25, -0.2) is 9.78 Å². The summed E-state index contributed by atoms with van der Waals surface area (Å²) < 4.78 is 11.1. The van der Waals surface area contributed by atoms with E-state index in [0.717, 1.165) is 25.1 Å². The quantitative estimate of drug-likeness (QED) is 0.736. The number of amides is 2. The number of methoxy groups -OCH3 is 1. The Morgan fingerprint density at radius 2 is 2.00 bits per heavy atom. The number of carbonyl (C=O) groups is 1. The van der Waals surface area contributed by atoms with Gasteiger partial charge >= 0.3 is 6.03 Å². The highest BCUT2D eigenvalue weighted by Gasteiger charge is 2.16. The number of nitrogens with one attached hydrogen (secondary N) is 2. The first-order valence-corrected chi connectivity index (χ1v) is 10.1. The molecule has 2 N–H and O–H groups in total. The van der Waals surface area contributed by atoms with Crippen molar-refractivity contribution in [2.45, 2.75) is 26.2 Å². The van der Waals surface area contributed by atoms with Gasteiger partial charge in [-0.2, -0.15) is 0 Å². The van der Waals surface area contributed by atoms with Gasteiger partial charge in [-0.1, -0.05) is 6.07 Å². The Hall–Kier alpha value is -2.80. The topological polar surface area (TPSA) is 75.7 Å². The number of nitrogens with zero attached hydrogens (tertiary/aromatic N) is 2. The molecular formula is C22H30N4O3. The lowest BCUT2D eigenvalue weighted by molar-refractivity contribution is 0.211. The minimum Gasteiger partial charge on any atom is -0.493 e. The zero-order chi connectivity index (χ0) is 20.6. The van der Waals surface area contributed by atoms with Gasteiger partial charge < -0.3 is 25.0 Å². The van der Waals surface area contributed by atoms with E-state index in [1.165, 1.54) is 12.8 Å². The number of ether oxygens (including phenoxy) is 2. The van der Waals surface area contributed by atoms with E-state index in [1.807, 2.05) is 25.1 Å². The van der Waals surface area contributed by atoms with E-state index < -0.39 is 0 Å². The molecule has 0 bridgehead atoms. The van der Waals surface area contributed by atoms with Gasteiger partial charge in [0.25, 0.3) is 0 Å². The third-order valence-corrected chi connectivity index (χ3v) is 5.20. The monoisotopic (exact) mass is 398 g/mol. The normalized spacial score (nSPS) is 15.0. The molecule has 3 rings (SSSR count). The highest BCUT2D eigenvalue weighted by molar-refractivity contribution is 5.88. The maximum atomic E-state index is 12.1. The van der Waals surface area contributed by atoms with E-state index in [-0.39, 0.29) is 6.03 Å². The molecule has 2 heterocycles. The van der Waals surface area contributed by atoms with Gasteiger partial charge in [-0.05, 0) is 76.0 Å². The maximum absolute atomic E-state index is 12.1. The number of piperidine rings is 1. The Kier molecular flexibility index (Phi) is 7.30. The lowest BCUT2D eigenvalue weighted by Gasteiger charge is -2.28. The van der Waals surface area contributed by atoms with Crippen molar-refractivity contribution in [1.82, 2.24) is 15.2 Å². The van der Waals surface area contributed by atoms with E-state index >= 15 is 0 Å². The Labute approximate surface area is 172 Å². The smallest absolute Gasteiger partial charge is 0.319 e. The molecule has 1 aliphatic heterocycles. The van der Waals surface area contributed by atoms with Gasteiger partial charge in [0.15, 0.2) is 11.5 Å². The first kappa shape index (κ1) is 20.9. The molecule has 156 valence electrons. The number of aryl methyl sites for hydroxylation is 1. The van der Waals surface area contributed by atoms with Crippen LogP contribution in [0.1, 0.15) is 24.8 Å². The predicted octanol–water partition coefficient (Wildman–Crippen LogP) is 4.04. The van der Waals surface area contributed by atoms with Crippen molar-refractivity contribution in [1.29, 1.82) is 0 Å². The van der Waals surface area contributed by atoms with Gasteiger partial charge in [0.1, 0.15) is 0 Å². The summed E-state index contributed by atoms with van der Waals surface area (Å²) in [5.41, 5.74) is 1.70. The molecule has 0 atom stereocenters. The van der Waals surface area contributed by atoms with Crippen LogP contribution in [-0.2, 0) is 0 Å². The van der Waals surface area contributed by atoms with E-state index in [4.69, 9.17) is 9.47 Å². The number of pyridine rings is 1. The van der Waals surface area contributed by atoms with Crippen molar-refractivity contribution in [3.8, 4) is 17.4 Å². The van der Waals surface area contributed by atoms with Crippen LogP contribution in [0.3, 0.4) is 0 Å². The molecule has 0 radical (unpaired) electrons. The van der Waals surface area contributed by atoms with Gasteiger partial charge in [-0.15, -0.1) is 0 Å². The summed E-state index contributed by atoms with van der Waals surface area (Å²) in [5, 5.41) is 5.73. The SMILES string of the molecule is COc1cc(C)ccc1Oc1ccc(NC(=O)NCCC2CCN(C)CC2)cn1. The first-order valence-electron chi connectivity index (χ1n) is 10.1. The molecule has 0 saturated carbocycles. The maximum Gasteiger partial charge on any atom is 0.319 e. The Bertz CT molecular complexity index is 802. The lowest BCUT2D eigenvalue weighted by Crippen LogP contribution is -2.34. The second-order valence-corrected chi connectivity index (χ2v) is 7.56. The third-order valence-electron chi connectivity index (χ3n) is 5.20. The molecule has 7 heteroatoms. The molecule has 29 heavy (non-hydrogen) atoms. The molecule has 7 nitrogen and oxygen atoms in total. The molecule has 1 saturated heterocycles. The molecule has 0 spiro atoms. The number of rotatable bonds is 7. The molecule has 0 aliphatic carbocycles. The summed E-state index contributed by atoms with van der Waals surface area (Å²) in [6.07, 6.45) is 5.01. The van der Waals surface area contributed by atoms with Crippen LogP contribution in [0.4, 0.5) is 10.5 Å². The summed E-state index contributed by atoms with van der Waals surface area (Å²) >= 11 is 0. The Morgan fingerprint density at radius 1 is 1.21 bits per heavy atom. The highest BCUT2D eigenvalue weighted by Crippen LogP contribution is 2.31. The van der Waals surface area contributed by atoms with E-state index in [2.05, 4.69) is 27.6 Å². The lowest BCUT2D eigenvalue weighted by atomic mass is 9.94. The van der Waals surface area contributed by atoms with Crippen molar-refractivity contribution < 1.29 is 14.3 Å². The molecule has 1 fully saturated rings. The van der Waals surface area contributed by atoms with Gasteiger partial charge in [0.2, 0.25) is 5.88 Å². The molecule has 2 amide bonds. The summed E-state index contributed by atoms with van der Waals surface area (Å²) in [5.74, 6) is 2.37. The summed E-state index contributed by atoms with van der Waals surface area (Å²) in [6, 6.07) is 8.96. The Balaban J connectivity index is 1.44. The summed E-state index contributed by atoms with van der Waals surface area (Å²) in [7, 11) is 3.76. The van der Waals surface area contributed by atoms with Crippen LogP contribution in [0.5, 0.6) is 17.4 Å². The van der Waals surface area contributed by atoms with Crippen LogP contribution in [0.25, 0.3) is 0 Å². The van der Waals surface area contributed by atoms with Crippen molar-refractivity contribution in [3.05, 3.63) is 42.1 Å². The first-order chi connectivity index (χ1) is 14.0. The van der Waals surface area contributed by atoms with Crippen molar-refractivity contribution in [2.24, 2.45) is 5.92 Å². The van der Waals surface area contributed by atoms with Crippen LogP contribution >= 0.6 is 0 Å². The van der Waals surface area contributed by atoms with Crippen molar-refractivity contribution >= 4 is 11.7 Å². The fourth-order valence-electron chi connectivity index (χ4n) is 3.40. The van der Waals surface area contributed by atoms with Crippen molar-refractivity contribution in [3.63, 3.8) is 0 Å². The number of hydrogen-bond donors (Lipinski definition) is 2. The number of benzene rings is 1. The number of carbonyl (C=O) groups excluding carboxylic acids is 1. The molecule has 2 aromatic rings. The largest absolute Gasteiger partial charge is 0.493 e. The molecule has 1 aromatic carbocycles. The second-order valence-electron chi connectivity index (χ2n) is 7.56. The second kappa shape index (κ2) is 10.1. The zero-order valence-corrected chi connectivity index (χ0v) is 17.4. The minimum atomic E-state index is -0.214. The van der Waals surface area contributed by atoms with E-state index in [0.29, 0.717) is 35.5 Å². The van der Waals surface area contributed by atoms with Crippen LogP contribution < -0.4 is 20.1 Å². The molecular weight excluding hydrogens is 368 g/mol. The number of aromatic nitrogens is 1. The predicted molar refractivity (Wildman–Crippen MR) is 114 cm³/mol. The molecule has 1 aliphatic rings. The molecule has 1 aromatic heterocycles. The number of hydrogen-bond acceptors (Lipinski definition) is 5.